The first kappa shape index (κ1) is 57.9. The summed E-state index contributed by atoms with van der Waals surface area (Å²) in [5.74, 6) is -1.71. The summed E-state index contributed by atoms with van der Waals surface area (Å²) in [5.41, 5.74) is 1.37. The third-order valence-corrected chi connectivity index (χ3v) is 13.6. The normalized spacial score (nSPS) is 11.9. The van der Waals surface area contributed by atoms with E-state index in [9.17, 15) is 46.1 Å². The molecular formula is C52H42BaCl2N6O12S2. The van der Waals surface area contributed by atoms with Gasteiger partial charge < -0.3 is 30.1 Å². The molecular weight excluding hydrogens is 1170 g/mol. The molecule has 0 bridgehead atoms. The Hall–Kier alpha value is -6.41. The minimum atomic E-state index is -4.57. The van der Waals surface area contributed by atoms with Crippen molar-refractivity contribution >= 4 is 160 Å². The maximum Gasteiger partial charge on any atom is 2.00 e. The summed E-state index contributed by atoms with van der Waals surface area (Å²) in [4.78, 5) is 16.3. The molecule has 0 saturated heterocycles. The summed E-state index contributed by atoms with van der Waals surface area (Å²) in [7, 11) is -6.20. The number of aliphatic imine (C=N–C) groups is 1. The molecule has 0 aliphatic rings. The fourth-order valence-corrected chi connectivity index (χ4v) is 9.45. The van der Waals surface area contributed by atoms with Crippen molar-refractivity contribution in [2.45, 2.75) is 36.5 Å². The second-order valence-corrected chi connectivity index (χ2v) is 19.4. The zero-order chi connectivity index (χ0) is 53.5. The van der Waals surface area contributed by atoms with Crippen LogP contribution >= 0.6 is 23.2 Å². The van der Waals surface area contributed by atoms with Crippen LogP contribution in [0.15, 0.2) is 169 Å². The third-order valence-electron chi connectivity index (χ3n) is 11.2. The van der Waals surface area contributed by atoms with Gasteiger partial charge in [-0.05, 0) is 107 Å². The number of carbonyl (C=O) groups is 1. The van der Waals surface area contributed by atoms with E-state index in [2.05, 4.69) is 30.8 Å². The zero-order valence-corrected chi connectivity index (χ0v) is 47.7. The summed E-state index contributed by atoms with van der Waals surface area (Å²) < 4.78 is 76.2. The first-order valence-electron chi connectivity index (χ1n) is 22.0. The number of azo groups is 2. The van der Waals surface area contributed by atoms with Gasteiger partial charge in [-0.2, -0.15) is 32.2 Å². The molecule has 0 aliphatic heterocycles. The molecule has 0 aliphatic carbocycles. The van der Waals surface area contributed by atoms with Crippen LogP contribution in [0.2, 0.25) is 10.0 Å². The molecule has 0 spiro atoms. The Morgan fingerprint density at radius 3 is 1.59 bits per heavy atom. The number of anilines is 1. The van der Waals surface area contributed by atoms with Crippen LogP contribution in [0.25, 0.3) is 21.5 Å². The average molecular weight is 1220 g/mol. The van der Waals surface area contributed by atoms with Crippen LogP contribution in [0.1, 0.15) is 40.9 Å². The Morgan fingerprint density at radius 2 is 1.07 bits per heavy atom. The topological polar surface area (TPSA) is 284 Å². The number of fused-ring (bicyclic) bond motifs is 2. The van der Waals surface area contributed by atoms with Gasteiger partial charge in [0.15, 0.2) is 5.75 Å². The summed E-state index contributed by atoms with van der Waals surface area (Å²) in [6, 6.07) is 34.7. The number of rotatable bonds is 14. The first-order valence-corrected chi connectivity index (χ1v) is 25.7. The molecule has 8 rings (SSSR count). The van der Waals surface area contributed by atoms with Crippen molar-refractivity contribution in [3.05, 3.63) is 166 Å². The molecule has 4 N–H and O–H groups in total. The van der Waals surface area contributed by atoms with Gasteiger partial charge in [-0.3, -0.25) is 18.9 Å². The molecule has 0 heterocycles. The fraction of sp³-hybridized carbons (Fsp3) is 0.115. The zero-order valence-electron chi connectivity index (χ0n) is 40.1. The SMILES string of the molecule is CCc1c(Cl)cc(S(=O)(=O)O)cc1N=Nc1c(O)c(C(=O)Nc2ccccc2OC)cc2ccccc12.CCc1c(Cl)cc(S(=O)(=O)O)cc1N=Nc1c([O-])c(C([O-])=Nc2ccccc2OC)cc2ccccc12.[Ba+2]. The molecule has 380 valence electrons. The molecule has 0 atom stereocenters. The van der Waals surface area contributed by atoms with Crippen LogP contribution < -0.4 is 25.0 Å². The Labute approximate surface area is 481 Å². The molecule has 0 saturated carbocycles. The Bertz CT molecular complexity index is 3830. The largest absolute Gasteiger partial charge is 2.00 e. The van der Waals surface area contributed by atoms with E-state index in [0.717, 1.165) is 24.3 Å². The van der Waals surface area contributed by atoms with E-state index in [-0.39, 0.29) is 98.5 Å². The molecule has 18 nitrogen and oxygen atoms in total. The molecule has 0 unspecified atom stereocenters. The second kappa shape index (κ2) is 25.0. The van der Waals surface area contributed by atoms with Crippen molar-refractivity contribution in [1.29, 1.82) is 0 Å². The number of methoxy groups -OCH3 is 2. The first-order chi connectivity index (χ1) is 35.3. The molecule has 0 radical (unpaired) electrons. The molecule has 8 aromatic rings. The van der Waals surface area contributed by atoms with Crippen LogP contribution in [0, 0.1) is 0 Å². The predicted octanol–water partition coefficient (Wildman–Crippen LogP) is 11.5. The number of phenols is 1. The minimum Gasteiger partial charge on any atom is -0.871 e. The van der Waals surface area contributed by atoms with Gasteiger partial charge in [-0.15, -0.1) is 5.11 Å². The smallest absolute Gasteiger partial charge is 0.871 e. The van der Waals surface area contributed by atoms with Gasteiger partial charge >= 0.3 is 48.9 Å². The van der Waals surface area contributed by atoms with Crippen LogP contribution in [-0.2, 0) is 33.1 Å². The number of benzene rings is 8. The van der Waals surface area contributed by atoms with E-state index < -0.39 is 53.3 Å². The summed E-state index contributed by atoms with van der Waals surface area (Å²) >= 11 is 12.4. The number of phenolic OH excluding ortho intramolecular Hbond substituents is 1. The van der Waals surface area contributed by atoms with Gasteiger partial charge in [-0.25, -0.2) is 0 Å². The Kier molecular flexibility index (Phi) is 19.3. The monoisotopic (exact) mass is 1210 g/mol. The molecule has 75 heavy (non-hydrogen) atoms. The van der Waals surface area contributed by atoms with E-state index in [1.54, 1.807) is 111 Å². The van der Waals surface area contributed by atoms with Crippen molar-refractivity contribution in [2.75, 3.05) is 19.5 Å². The maximum atomic E-state index is 13.4. The second-order valence-electron chi connectivity index (χ2n) is 15.8. The molecule has 1 amide bonds. The number of aromatic hydroxyl groups is 1. The number of amides is 1. The number of para-hydroxylation sites is 4. The Morgan fingerprint density at radius 1 is 0.613 bits per heavy atom. The van der Waals surface area contributed by atoms with E-state index in [1.807, 2.05) is 0 Å². The Balaban J connectivity index is 0.000000241. The third kappa shape index (κ3) is 13.3. The average Bonchev–Trinajstić information content (AvgIpc) is 3.37. The minimum absolute atomic E-state index is 0. The standard InChI is InChI=1S/2C26H22ClN3O6S.Ba/c2*1-3-17-20(27)13-16(37(33,34)35)14-22(17)29-30-24-18-9-5-4-8-15(18)12-19(25(24)31)26(32)28-21-10-6-7-11-23(21)36-2;/h2*4-14,31H,3H2,1-2H3,(H,28,32)(H,33,34,35);/q;;+2/p-2. The van der Waals surface area contributed by atoms with Crippen molar-refractivity contribution in [1.82, 2.24) is 0 Å². The van der Waals surface area contributed by atoms with Crippen LogP contribution in [-0.4, -0.2) is 106 Å². The number of nitrogens with one attached hydrogen (secondary N) is 1. The molecule has 8 aromatic carbocycles. The number of hydrogen-bond acceptors (Lipinski definition) is 15. The fourth-order valence-electron chi connectivity index (χ4n) is 7.57. The molecule has 23 heteroatoms. The predicted molar refractivity (Wildman–Crippen MR) is 285 cm³/mol. The maximum absolute atomic E-state index is 13.4. The van der Waals surface area contributed by atoms with Crippen LogP contribution in [0.5, 0.6) is 23.0 Å². The summed E-state index contributed by atoms with van der Waals surface area (Å²) in [6.07, 6.45) is 0.771. The number of nitrogens with zero attached hydrogens (tertiary/aromatic N) is 5. The van der Waals surface area contributed by atoms with E-state index in [0.29, 0.717) is 62.7 Å². The molecule has 0 aromatic heterocycles. The van der Waals surface area contributed by atoms with Crippen LogP contribution in [0.3, 0.4) is 0 Å². The molecule has 0 fully saturated rings. The van der Waals surface area contributed by atoms with Crippen molar-refractivity contribution in [2.24, 2.45) is 25.4 Å². The number of carbonyl (C=O) groups excluding carboxylic acids is 1. The number of hydrogen-bond donors (Lipinski definition) is 4. The van der Waals surface area contributed by atoms with E-state index in [1.165, 1.54) is 26.4 Å². The van der Waals surface area contributed by atoms with Gasteiger partial charge in [0.1, 0.15) is 22.9 Å². The number of ether oxygens (including phenoxy) is 2. The van der Waals surface area contributed by atoms with Crippen molar-refractivity contribution in [3.8, 4) is 23.0 Å². The van der Waals surface area contributed by atoms with Gasteiger partial charge in [0.25, 0.3) is 26.1 Å². The van der Waals surface area contributed by atoms with Gasteiger partial charge in [-0.1, -0.05) is 116 Å². The van der Waals surface area contributed by atoms with E-state index in [4.69, 9.17) is 32.7 Å². The summed E-state index contributed by atoms with van der Waals surface area (Å²) in [6.45, 7) is 3.57. The van der Waals surface area contributed by atoms with Crippen LogP contribution in [0.4, 0.5) is 34.1 Å². The van der Waals surface area contributed by atoms with Crippen molar-refractivity contribution in [3.63, 3.8) is 0 Å². The van der Waals surface area contributed by atoms with E-state index >= 15 is 0 Å². The van der Waals surface area contributed by atoms with Gasteiger partial charge in [0.05, 0.1) is 52.3 Å². The van der Waals surface area contributed by atoms with Gasteiger partial charge in [0, 0.05) is 20.8 Å². The summed E-state index contributed by atoms with van der Waals surface area (Å²) in [5, 5.41) is 59.1. The quantitative estimate of drug-likeness (QED) is 0.0260. The number of halogens is 2. The van der Waals surface area contributed by atoms with Crippen molar-refractivity contribution < 1.29 is 55.5 Å². The van der Waals surface area contributed by atoms with Gasteiger partial charge in [0.2, 0.25) is 0 Å².